The normalized spacial score (nSPS) is 17.0. The molecular formula is C28H18ClN. The molecule has 1 aliphatic carbocycles. The molecule has 1 unspecified atom stereocenters. The summed E-state index contributed by atoms with van der Waals surface area (Å²) in [4.78, 5) is 4.87. The van der Waals surface area contributed by atoms with E-state index in [1.54, 1.807) is 0 Å². The van der Waals surface area contributed by atoms with Crippen LogP contribution in [0, 0.1) is 0 Å². The highest BCUT2D eigenvalue weighted by molar-refractivity contribution is 6.34. The summed E-state index contributed by atoms with van der Waals surface area (Å²) in [6, 6.07) is 36.1. The van der Waals surface area contributed by atoms with E-state index in [0.717, 1.165) is 16.3 Å². The van der Waals surface area contributed by atoms with Gasteiger partial charge >= 0.3 is 0 Å². The molecule has 0 radical (unpaired) electrons. The Hall–Kier alpha value is -3.42. The monoisotopic (exact) mass is 403 g/mol. The zero-order valence-electron chi connectivity index (χ0n) is 16.2. The first-order valence-electron chi connectivity index (χ1n) is 10.1. The summed E-state index contributed by atoms with van der Waals surface area (Å²) in [5.41, 5.74) is 6.43. The summed E-state index contributed by atoms with van der Waals surface area (Å²) in [5.74, 6) is 0. The van der Waals surface area contributed by atoms with Gasteiger partial charge in [-0.05, 0) is 51.2 Å². The molecule has 30 heavy (non-hydrogen) atoms. The van der Waals surface area contributed by atoms with Crippen molar-refractivity contribution in [2.24, 2.45) is 0 Å². The summed E-state index contributed by atoms with van der Waals surface area (Å²) >= 11 is 6.88. The molecule has 0 aliphatic heterocycles. The number of nitrogens with zero attached hydrogens (tertiary/aromatic N) is 1. The van der Waals surface area contributed by atoms with Crippen LogP contribution in [0.1, 0.15) is 22.4 Å². The predicted molar refractivity (Wildman–Crippen MR) is 124 cm³/mol. The van der Waals surface area contributed by atoms with Crippen molar-refractivity contribution in [2.75, 3.05) is 0 Å². The summed E-state index contributed by atoms with van der Waals surface area (Å²) in [5, 5.41) is 3.21. The molecule has 0 saturated carbocycles. The second-order valence-electron chi connectivity index (χ2n) is 7.70. The van der Waals surface area contributed by atoms with E-state index in [9.17, 15) is 0 Å². The Morgan fingerprint density at radius 1 is 0.600 bits per heavy atom. The third-order valence-electron chi connectivity index (χ3n) is 6.26. The number of pyridine rings is 1. The van der Waals surface area contributed by atoms with E-state index in [-0.39, 0.29) is 0 Å². The van der Waals surface area contributed by atoms with E-state index in [2.05, 4.69) is 91.0 Å². The predicted octanol–water partition coefficient (Wildman–Crippen LogP) is 7.25. The van der Waals surface area contributed by atoms with Crippen LogP contribution in [0.15, 0.2) is 109 Å². The Kier molecular flexibility index (Phi) is 3.81. The van der Waals surface area contributed by atoms with Crippen LogP contribution in [0.2, 0.25) is 5.02 Å². The van der Waals surface area contributed by atoms with E-state index >= 15 is 0 Å². The number of halogens is 1. The van der Waals surface area contributed by atoms with Crippen LogP contribution in [0.5, 0.6) is 0 Å². The van der Waals surface area contributed by atoms with E-state index in [0.29, 0.717) is 0 Å². The lowest BCUT2D eigenvalue weighted by atomic mass is 9.69. The van der Waals surface area contributed by atoms with Gasteiger partial charge < -0.3 is 0 Å². The number of fused-ring (bicyclic) bond motifs is 5. The van der Waals surface area contributed by atoms with E-state index in [4.69, 9.17) is 16.6 Å². The van der Waals surface area contributed by atoms with Crippen LogP contribution in [-0.4, -0.2) is 4.98 Å². The molecule has 0 amide bonds. The molecule has 1 aliphatic rings. The Morgan fingerprint density at radius 3 is 2.20 bits per heavy atom. The van der Waals surface area contributed by atoms with Crippen LogP contribution in [-0.2, 0) is 5.41 Å². The van der Waals surface area contributed by atoms with Gasteiger partial charge in [-0.3, -0.25) is 4.98 Å². The molecule has 6 rings (SSSR count). The minimum atomic E-state index is -0.512. The highest BCUT2D eigenvalue weighted by Crippen LogP contribution is 2.58. The van der Waals surface area contributed by atoms with Crippen molar-refractivity contribution in [3.05, 3.63) is 137 Å². The maximum absolute atomic E-state index is 6.88. The van der Waals surface area contributed by atoms with Gasteiger partial charge in [-0.2, -0.15) is 0 Å². The van der Waals surface area contributed by atoms with Crippen molar-refractivity contribution in [3.8, 4) is 11.1 Å². The van der Waals surface area contributed by atoms with Gasteiger partial charge in [0, 0.05) is 16.8 Å². The molecule has 4 aromatic carbocycles. The summed E-state index contributed by atoms with van der Waals surface area (Å²) in [7, 11) is 0. The second-order valence-corrected chi connectivity index (χ2v) is 8.11. The zero-order chi connectivity index (χ0) is 20.1. The van der Waals surface area contributed by atoms with Crippen LogP contribution in [0.3, 0.4) is 0 Å². The van der Waals surface area contributed by atoms with Crippen molar-refractivity contribution in [2.45, 2.75) is 5.41 Å². The molecule has 142 valence electrons. The number of aromatic nitrogens is 1. The molecule has 1 heterocycles. The second kappa shape index (κ2) is 6.55. The van der Waals surface area contributed by atoms with Gasteiger partial charge in [0.25, 0.3) is 0 Å². The largest absolute Gasteiger partial charge is 0.260 e. The van der Waals surface area contributed by atoms with Gasteiger partial charge in [-0.25, -0.2) is 0 Å². The molecule has 0 saturated heterocycles. The number of benzene rings is 4. The van der Waals surface area contributed by atoms with Gasteiger partial charge in [0.15, 0.2) is 0 Å². The zero-order valence-corrected chi connectivity index (χ0v) is 17.0. The minimum Gasteiger partial charge on any atom is -0.260 e. The number of hydrogen-bond acceptors (Lipinski definition) is 1. The molecule has 2 heteroatoms. The van der Waals surface area contributed by atoms with Crippen molar-refractivity contribution in [1.82, 2.24) is 4.98 Å². The van der Waals surface area contributed by atoms with Crippen molar-refractivity contribution < 1.29 is 0 Å². The lowest BCUT2D eigenvalue weighted by Gasteiger charge is -2.32. The lowest BCUT2D eigenvalue weighted by molar-refractivity contribution is 0.735. The molecule has 0 bridgehead atoms. The number of hydrogen-bond donors (Lipinski definition) is 0. The molecule has 1 atom stereocenters. The Labute approximate surface area is 180 Å². The molecule has 0 spiro atoms. The molecule has 0 fully saturated rings. The average Bonchev–Trinajstić information content (AvgIpc) is 3.13. The van der Waals surface area contributed by atoms with Crippen molar-refractivity contribution in [3.63, 3.8) is 0 Å². The molecular weight excluding hydrogens is 386 g/mol. The van der Waals surface area contributed by atoms with Crippen LogP contribution in [0.4, 0.5) is 0 Å². The fraction of sp³-hybridized carbons (Fsp3) is 0.0357. The molecule has 1 aromatic heterocycles. The van der Waals surface area contributed by atoms with Gasteiger partial charge in [0.1, 0.15) is 0 Å². The lowest BCUT2D eigenvalue weighted by Crippen LogP contribution is -2.29. The average molecular weight is 404 g/mol. The maximum Gasteiger partial charge on any atom is 0.0886 e. The fourth-order valence-electron chi connectivity index (χ4n) is 5.10. The Bertz CT molecular complexity index is 1350. The van der Waals surface area contributed by atoms with E-state index in [1.165, 1.54) is 33.0 Å². The third kappa shape index (κ3) is 2.21. The highest BCUT2D eigenvalue weighted by atomic mass is 35.5. The van der Waals surface area contributed by atoms with Crippen molar-refractivity contribution in [1.29, 1.82) is 0 Å². The third-order valence-corrected chi connectivity index (χ3v) is 6.57. The molecule has 5 aromatic rings. The van der Waals surface area contributed by atoms with Crippen LogP contribution in [0.25, 0.3) is 21.9 Å². The van der Waals surface area contributed by atoms with E-state index in [1.807, 2.05) is 18.3 Å². The van der Waals surface area contributed by atoms with Gasteiger partial charge in [0.05, 0.1) is 11.1 Å². The highest BCUT2D eigenvalue weighted by Gasteiger charge is 2.48. The van der Waals surface area contributed by atoms with Gasteiger partial charge in [0.2, 0.25) is 0 Å². The van der Waals surface area contributed by atoms with Crippen molar-refractivity contribution >= 4 is 22.4 Å². The Morgan fingerprint density at radius 2 is 1.37 bits per heavy atom. The SMILES string of the molecule is Clc1cccc2c1-c1c(ccc3ccccc13)C2(c1ccccc1)c1ccccn1. The van der Waals surface area contributed by atoms with Gasteiger partial charge in [-0.1, -0.05) is 96.5 Å². The maximum atomic E-state index is 6.88. The van der Waals surface area contributed by atoms with E-state index < -0.39 is 5.41 Å². The quantitative estimate of drug-likeness (QED) is 0.296. The summed E-state index contributed by atoms with van der Waals surface area (Å²) in [6.45, 7) is 0. The molecule has 1 nitrogen and oxygen atoms in total. The Balaban J connectivity index is 1.88. The summed E-state index contributed by atoms with van der Waals surface area (Å²) in [6.07, 6.45) is 1.88. The standard InChI is InChI=1S/C28H18ClN/c29-24-14-8-13-22-27(24)26-21-12-5-4-9-19(21)16-17-23(26)28(22,20-10-2-1-3-11-20)25-15-6-7-18-30-25/h1-18H. The summed E-state index contributed by atoms with van der Waals surface area (Å²) < 4.78 is 0. The molecule has 0 N–H and O–H groups in total. The first-order chi connectivity index (χ1) is 14.8. The smallest absolute Gasteiger partial charge is 0.0886 e. The topological polar surface area (TPSA) is 12.9 Å². The first kappa shape index (κ1) is 17.4. The minimum absolute atomic E-state index is 0.512. The van der Waals surface area contributed by atoms with Crippen LogP contribution >= 0.6 is 11.6 Å². The van der Waals surface area contributed by atoms with Gasteiger partial charge in [-0.15, -0.1) is 0 Å². The fourth-order valence-corrected chi connectivity index (χ4v) is 5.37. The number of rotatable bonds is 2. The van der Waals surface area contributed by atoms with Crippen LogP contribution < -0.4 is 0 Å². The first-order valence-corrected chi connectivity index (χ1v) is 10.5.